The van der Waals surface area contributed by atoms with Crippen LogP contribution in [-0.2, 0) is 11.3 Å². The quantitative estimate of drug-likeness (QED) is 0.558. The summed E-state index contributed by atoms with van der Waals surface area (Å²) < 4.78 is 15.5. The molecule has 24 heavy (non-hydrogen) atoms. The highest BCUT2D eigenvalue weighted by molar-refractivity contribution is 5.68. The summed E-state index contributed by atoms with van der Waals surface area (Å²) in [5.41, 5.74) is 0.0413. The van der Waals surface area contributed by atoms with Crippen molar-refractivity contribution in [2.24, 2.45) is 0 Å². The molecule has 0 N–H and O–H groups in total. The van der Waals surface area contributed by atoms with Crippen molar-refractivity contribution in [2.75, 3.05) is 14.2 Å². The van der Waals surface area contributed by atoms with Crippen LogP contribution in [0.25, 0.3) is 0 Å². The van der Waals surface area contributed by atoms with Crippen LogP contribution in [0.5, 0.6) is 11.5 Å². The van der Waals surface area contributed by atoms with Gasteiger partial charge in [0.1, 0.15) is 6.61 Å². The molecule has 0 fully saturated rings. The lowest BCUT2D eigenvalue weighted by atomic mass is 10.1. The van der Waals surface area contributed by atoms with Gasteiger partial charge in [0.05, 0.1) is 30.8 Å². The molecular formula is C16H24N2O6. The largest absolute Gasteiger partial charge is 0.493 e. The topological polar surface area (TPSA) is 91.1 Å². The van der Waals surface area contributed by atoms with Crippen LogP contribution >= 0.6 is 0 Å². The van der Waals surface area contributed by atoms with E-state index in [-0.39, 0.29) is 35.7 Å². The van der Waals surface area contributed by atoms with E-state index in [0.29, 0.717) is 5.75 Å². The van der Waals surface area contributed by atoms with Crippen molar-refractivity contribution in [3.63, 3.8) is 0 Å². The zero-order valence-electron chi connectivity index (χ0n) is 14.9. The number of benzene rings is 1. The number of nitro benzene ring substituents is 1. The lowest BCUT2D eigenvalue weighted by Crippen LogP contribution is -2.42. The average molecular weight is 340 g/mol. The molecule has 8 heteroatoms. The zero-order chi connectivity index (χ0) is 18.4. The van der Waals surface area contributed by atoms with Crippen LogP contribution in [0.1, 0.15) is 33.3 Å². The van der Waals surface area contributed by atoms with Gasteiger partial charge in [0, 0.05) is 12.1 Å². The van der Waals surface area contributed by atoms with Crippen LogP contribution in [0.15, 0.2) is 12.1 Å². The molecule has 0 aromatic heterocycles. The number of carbonyl (C=O) groups excluding carboxylic acids is 1. The number of nitro groups is 1. The molecule has 0 spiro atoms. The third-order valence-corrected chi connectivity index (χ3v) is 3.46. The van der Waals surface area contributed by atoms with Gasteiger partial charge in [-0.2, -0.15) is 0 Å². The Hall–Kier alpha value is -2.51. The van der Waals surface area contributed by atoms with E-state index >= 15 is 0 Å². The summed E-state index contributed by atoms with van der Waals surface area (Å²) in [4.78, 5) is 24.5. The van der Waals surface area contributed by atoms with E-state index < -0.39 is 11.0 Å². The summed E-state index contributed by atoms with van der Waals surface area (Å²) in [5, 5.41) is 11.2. The molecule has 0 aliphatic rings. The molecule has 0 aliphatic carbocycles. The van der Waals surface area contributed by atoms with E-state index in [9.17, 15) is 14.9 Å². The van der Waals surface area contributed by atoms with Crippen molar-refractivity contribution >= 4 is 11.8 Å². The highest BCUT2D eigenvalue weighted by Crippen LogP contribution is 2.34. The van der Waals surface area contributed by atoms with Gasteiger partial charge in [-0.15, -0.1) is 0 Å². The summed E-state index contributed by atoms with van der Waals surface area (Å²) >= 11 is 0. The summed E-state index contributed by atoms with van der Waals surface area (Å²) in [5.74, 6) is 0.573. The molecule has 8 nitrogen and oxygen atoms in total. The van der Waals surface area contributed by atoms with Crippen LogP contribution in [-0.4, -0.2) is 42.2 Å². The number of carbonyl (C=O) groups is 1. The molecule has 0 radical (unpaired) electrons. The number of nitrogens with zero attached hydrogens (tertiary/aromatic N) is 2. The van der Waals surface area contributed by atoms with Crippen LogP contribution in [0.2, 0.25) is 0 Å². The van der Waals surface area contributed by atoms with Gasteiger partial charge in [0.15, 0.2) is 11.5 Å². The first-order valence-electron chi connectivity index (χ1n) is 7.57. The Morgan fingerprint density at radius 2 is 1.62 bits per heavy atom. The predicted molar refractivity (Wildman–Crippen MR) is 88.5 cm³/mol. The molecule has 1 aromatic rings. The Morgan fingerprint density at radius 3 is 2.04 bits per heavy atom. The molecule has 0 saturated heterocycles. The maximum absolute atomic E-state index is 12.2. The number of ether oxygens (including phenoxy) is 3. The first-order chi connectivity index (χ1) is 11.2. The van der Waals surface area contributed by atoms with Crippen molar-refractivity contribution in [3.8, 4) is 11.5 Å². The van der Waals surface area contributed by atoms with Crippen molar-refractivity contribution in [2.45, 2.75) is 46.4 Å². The van der Waals surface area contributed by atoms with E-state index in [2.05, 4.69) is 0 Å². The third-order valence-electron chi connectivity index (χ3n) is 3.46. The fraction of sp³-hybridized carbons (Fsp3) is 0.562. The lowest BCUT2D eigenvalue weighted by Gasteiger charge is -2.29. The van der Waals surface area contributed by atoms with E-state index in [0.717, 1.165) is 0 Å². The SMILES string of the molecule is COc1cc(COC(=O)N(C(C)C)C(C)C)c([N+](=O)[O-])cc1OC. The summed E-state index contributed by atoms with van der Waals surface area (Å²) in [7, 11) is 2.82. The molecule has 0 atom stereocenters. The van der Waals surface area contributed by atoms with E-state index in [1.807, 2.05) is 27.7 Å². The minimum atomic E-state index is -0.548. The van der Waals surface area contributed by atoms with Crippen molar-refractivity contribution < 1.29 is 23.9 Å². The average Bonchev–Trinajstić information content (AvgIpc) is 2.50. The monoisotopic (exact) mass is 340 g/mol. The fourth-order valence-corrected chi connectivity index (χ4v) is 2.43. The molecule has 1 amide bonds. The van der Waals surface area contributed by atoms with Crippen LogP contribution in [0.4, 0.5) is 10.5 Å². The lowest BCUT2D eigenvalue weighted by molar-refractivity contribution is -0.385. The van der Waals surface area contributed by atoms with Crippen molar-refractivity contribution in [3.05, 3.63) is 27.8 Å². The molecule has 134 valence electrons. The summed E-state index contributed by atoms with van der Waals surface area (Å²) in [6, 6.07) is 2.61. The Morgan fingerprint density at radius 1 is 1.12 bits per heavy atom. The number of amides is 1. The third kappa shape index (κ3) is 4.50. The molecule has 0 heterocycles. The summed E-state index contributed by atoms with van der Waals surface area (Å²) in [6.07, 6.45) is -0.524. The van der Waals surface area contributed by atoms with Gasteiger partial charge in [-0.25, -0.2) is 4.79 Å². The van der Waals surface area contributed by atoms with Gasteiger partial charge in [-0.1, -0.05) is 0 Å². The molecule has 0 unspecified atom stereocenters. The van der Waals surface area contributed by atoms with Crippen LogP contribution < -0.4 is 9.47 Å². The van der Waals surface area contributed by atoms with Gasteiger partial charge in [0.2, 0.25) is 0 Å². The van der Waals surface area contributed by atoms with Gasteiger partial charge in [-0.3, -0.25) is 10.1 Å². The predicted octanol–water partition coefficient (Wildman–Crippen LogP) is 3.37. The van der Waals surface area contributed by atoms with Gasteiger partial charge in [0.25, 0.3) is 5.69 Å². The van der Waals surface area contributed by atoms with E-state index in [1.54, 1.807) is 4.90 Å². The maximum atomic E-state index is 12.2. The molecule has 1 aromatic carbocycles. The van der Waals surface area contributed by atoms with Crippen molar-refractivity contribution in [1.82, 2.24) is 4.90 Å². The second kappa shape index (κ2) is 8.37. The number of methoxy groups -OCH3 is 2. The van der Waals surface area contributed by atoms with E-state index in [1.165, 1.54) is 26.4 Å². The van der Waals surface area contributed by atoms with Crippen LogP contribution in [0, 0.1) is 10.1 Å². The molecule has 0 aliphatic heterocycles. The summed E-state index contributed by atoms with van der Waals surface area (Å²) in [6.45, 7) is 7.27. The first-order valence-corrected chi connectivity index (χ1v) is 7.57. The number of hydrogen-bond acceptors (Lipinski definition) is 6. The highest BCUT2D eigenvalue weighted by atomic mass is 16.6. The smallest absolute Gasteiger partial charge is 0.410 e. The Labute approximate surface area is 141 Å². The maximum Gasteiger partial charge on any atom is 0.410 e. The fourth-order valence-electron chi connectivity index (χ4n) is 2.43. The van der Waals surface area contributed by atoms with Gasteiger partial charge >= 0.3 is 6.09 Å². The highest BCUT2D eigenvalue weighted by Gasteiger charge is 2.24. The minimum Gasteiger partial charge on any atom is -0.493 e. The Balaban J connectivity index is 3.05. The number of hydrogen-bond donors (Lipinski definition) is 0. The standard InChI is InChI=1S/C16H24N2O6/c1-10(2)17(11(3)4)16(19)24-9-12-7-14(22-5)15(23-6)8-13(12)18(20)21/h7-8,10-11H,9H2,1-6H3. The Kier molecular flexibility index (Phi) is 6.82. The second-order valence-corrected chi connectivity index (χ2v) is 5.74. The second-order valence-electron chi connectivity index (χ2n) is 5.74. The molecule has 0 saturated carbocycles. The normalized spacial score (nSPS) is 10.7. The zero-order valence-corrected chi connectivity index (χ0v) is 14.9. The molecule has 1 rings (SSSR count). The number of rotatable bonds is 7. The molecular weight excluding hydrogens is 316 g/mol. The van der Waals surface area contributed by atoms with Gasteiger partial charge < -0.3 is 19.1 Å². The molecule has 0 bridgehead atoms. The van der Waals surface area contributed by atoms with Crippen LogP contribution in [0.3, 0.4) is 0 Å². The van der Waals surface area contributed by atoms with E-state index in [4.69, 9.17) is 14.2 Å². The van der Waals surface area contributed by atoms with Crippen molar-refractivity contribution in [1.29, 1.82) is 0 Å². The Bertz CT molecular complexity index is 592. The minimum absolute atomic E-state index is 0.0436. The van der Waals surface area contributed by atoms with Gasteiger partial charge in [-0.05, 0) is 33.8 Å². The first kappa shape index (κ1) is 19.5.